The third-order valence-corrected chi connectivity index (χ3v) is 4.41. The summed E-state index contributed by atoms with van der Waals surface area (Å²) in [5.74, 6) is 2.00. The first kappa shape index (κ1) is 15.2. The molecule has 0 aromatic heterocycles. The molecule has 20 heavy (non-hydrogen) atoms. The molecule has 0 atom stereocenters. The number of rotatable bonds is 6. The molecule has 0 amide bonds. The Morgan fingerprint density at radius 1 is 1.25 bits per heavy atom. The molecule has 0 bridgehead atoms. The number of hydrogen-bond donors (Lipinski definition) is 2. The molecular formula is C16H25N3S. The quantitative estimate of drug-likeness (QED) is 0.365. The minimum atomic E-state index is 0.620. The Hall–Kier alpha value is -1.16. The molecule has 0 spiro atoms. The Morgan fingerprint density at radius 3 is 2.70 bits per heavy atom. The number of guanidine groups is 1. The van der Waals surface area contributed by atoms with Crippen LogP contribution in [-0.4, -0.2) is 30.8 Å². The van der Waals surface area contributed by atoms with Gasteiger partial charge in [0, 0.05) is 23.2 Å². The van der Waals surface area contributed by atoms with Crippen molar-refractivity contribution in [3.63, 3.8) is 0 Å². The van der Waals surface area contributed by atoms with E-state index < -0.39 is 0 Å². The fourth-order valence-electron chi connectivity index (χ4n) is 2.42. The third kappa shape index (κ3) is 5.45. The van der Waals surface area contributed by atoms with Crippen molar-refractivity contribution in [2.45, 2.75) is 43.5 Å². The van der Waals surface area contributed by atoms with Crippen molar-refractivity contribution < 1.29 is 0 Å². The van der Waals surface area contributed by atoms with Crippen molar-refractivity contribution in [3.05, 3.63) is 30.3 Å². The van der Waals surface area contributed by atoms with Crippen molar-refractivity contribution in [2.24, 2.45) is 4.99 Å². The Bertz CT molecular complexity index is 399. The SMILES string of the molecule is CCNC(=NCCSc1ccccc1)NC1CCCC1. The van der Waals surface area contributed by atoms with Crippen molar-refractivity contribution in [1.29, 1.82) is 0 Å². The maximum absolute atomic E-state index is 4.67. The molecule has 0 saturated heterocycles. The second-order valence-corrected chi connectivity index (χ2v) is 6.22. The Morgan fingerprint density at radius 2 is 2.00 bits per heavy atom. The van der Waals surface area contributed by atoms with Crippen molar-refractivity contribution in [1.82, 2.24) is 10.6 Å². The lowest BCUT2D eigenvalue weighted by Gasteiger charge is -2.16. The molecule has 3 nitrogen and oxygen atoms in total. The van der Waals surface area contributed by atoms with Crippen LogP contribution in [0, 0.1) is 0 Å². The van der Waals surface area contributed by atoms with Gasteiger partial charge in [0.2, 0.25) is 0 Å². The Kier molecular flexibility index (Phi) is 6.78. The van der Waals surface area contributed by atoms with Gasteiger partial charge >= 0.3 is 0 Å². The fourth-order valence-corrected chi connectivity index (χ4v) is 3.19. The lowest BCUT2D eigenvalue weighted by Crippen LogP contribution is -2.42. The van der Waals surface area contributed by atoms with E-state index in [1.807, 2.05) is 11.8 Å². The van der Waals surface area contributed by atoms with E-state index in [9.17, 15) is 0 Å². The zero-order chi connectivity index (χ0) is 14.0. The van der Waals surface area contributed by atoms with Crippen molar-refractivity contribution in [3.8, 4) is 0 Å². The fraction of sp³-hybridized carbons (Fsp3) is 0.562. The second-order valence-electron chi connectivity index (χ2n) is 5.05. The first-order valence-electron chi connectivity index (χ1n) is 7.61. The van der Waals surface area contributed by atoms with Crippen molar-refractivity contribution >= 4 is 17.7 Å². The lowest BCUT2D eigenvalue weighted by atomic mass is 10.2. The Balaban J connectivity index is 1.73. The number of nitrogens with one attached hydrogen (secondary N) is 2. The smallest absolute Gasteiger partial charge is 0.191 e. The molecule has 110 valence electrons. The van der Waals surface area contributed by atoms with E-state index in [1.54, 1.807) is 0 Å². The van der Waals surface area contributed by atoms with Gasteiger partial charge in [-0.05, 0) is 31.9 Å². The molecule has 0 heterocycles. The van der Waals surface area contributed by atoms with E-state index in [0.29, 0.717) is 6.04 Å². The van der Waals surface area contributed by atoms with E-state index >= 15 is 0 Å². The molecule has 2 rings (SSSR count). The van der Waals surface area contributed by atoms with E-state index in [2.05, 4.69) is 52.9 Å². The highest BCUT2D eigenvalue weighted by Gasteiger charge is 2.15. The molecule has 0 unspecified atom stereocenters. The van der Waals surface area contributed by atoms with Crippen LogP contribution >= 0.6 is 11.8 Å². The first-order chi connectivity index (χ1) is 9.88. The zero-order valence-electron chi connectivity index (χ0n) is 12.3. The summed E-state index contributed by atoms with van der Waals surface area (Å²) >= 11 is 1.86. The number of aliphatic imine (C=N–C) groups is 1. The van der Waals surface area contributed by atoms with Gasteiger partial charge in [-0.1, -0.05) is 31.0 Å². The molecule has 0 aliphatic heterocycles. The van der Waals surface area contributed by atoms with Gasteiger partial charge in [0.25, 0.3) is 0 Å². The third-order valence-electron chi connectivity index (χ3n) is 3.41. The summed E-state index contributed by atoms with van der Waals surface area (Å²) in [5, 5.41) is 6.88. The van der Waals surface area contributed by atoms with E-state index in [4.69, 9.17) is 0 Å². The van der Waals surface area contributed by atoms with Crippen LogP contribution in [0.4, 0.5) is 0 Å². The van der Waals surface area contributed by atoms with Crippen LogP contribution in [0.25, 0.3) is 0 Å². The minimum Gasteiger partial charge on any atom is -0.357 e. The van der Waals surface area contributed by atoms with Crippen LogP contribution in [0.3, 0.4) is 0 Å². The largest absolute Gasteiger partial charge is 0.357 e. The van der Waals surface area contributed by atoms with Gasteiger partial charge in [0.05, 0.1) is 6.54 Å². The normalized spacial score (nSPS) is 16.4. The standard InChI is InChI=1S/C16H25N3S/c1-2-17-16(19-14-8-6-7-9-14)18-12-13-20-15-10-4-3-5-11-15/h3-5,10-11,14H,2,6-9,12-13H2,1H3,(H2,17,18,19). The van der Waals surface area contributed by atoms with Crippen LogP contribution in [0.5, 0.6) is 0 Å². The van der Waals surface area contributed by atoms with Crippen LogP contribution in [0.2, 0.25) is 0 Å². The van der Waals surface area contributed by atoms with Crippen LogP contribution in [0.1, 0.15) is 32.6 Å². The minimum absolute atomic E-state index is 0.620. The van der Waals surface area contributed by atoms with Gasteiger partial charge in [-0.2, -0.15) is 0 Å². The average molecular weight is 291 g/mol. The van der Waals surface area contributed by atoms with Gasteiger partial charge in [-0.25, -0.2) is 0 Å². The summed E-state index contributed by atoms with van der Waals surface area (Å²) < 4.78 is 0. The summed E-state index contributed by atoms with van der Waals surface area (Å²) in [6, 6.07) is 11.1. The molecule has 1 fully saturated rings. The molecule has 1 aromatic rings. The lowest BCUT2D eigenvalue weighted by molar-refractivity contribution is 0.614. The number of thioether (sulfide) groups is 1. The predicted molar refractivity (Wildman–Crippen MR) is 88.5 cm³/mol. The predicted octanol–water partition coefficient (Wildman–Crippen LogP) is 3.28. The van der Waals surface area contributed by atoms with E-state index in [-0.39, 0.29) is 0 Å². The van der Waals surface area contributed by atoms with E-state index in [0.717, 1.165) is 24.8 Å². The van der Waals surface area contributed by atoms with E-state index in [1.165, 1.54) is 30.6 Å². The topological polar surface area (TPSA) is 36.4 Å². The highest BCUT2D eigenvalue weighted by molar-refractivity contribution is 7.99. The van der Waals surface area contributed by atoms with Crippen LogP contribution < -0.4 is 10.6 Å². The van der Waals surface area contributed by atoms with Gasteiger partial charge in [-0.3, -0.25) is 4.99 Å². The summed E-state index contributed by atoms with van der Waals surface area (Å²) in [5.41, 5.74) is 0. The zero-order valence-corrected chi connectivity index (χ0v) is 13.1. The number of hydrogen-bond acceptors (Lipinski definition) is 2. The summed E-state index contributed by atoms with van der Waals surface area (Å²) in [4.78, 5) is 5.98. The van der Waals surface area contributed by atoms with Crippen LogP contribution in [0.15, 0.2) is 40.2 Å². The summed E-state index contributed by atoms with van der Waals surface area (Å²) in [7, 11) is 0. The van der Waals surface area contributed by atoms with Gasteiger partial charge in [0.1, 0.15) is 0 Å². The number of nitrogens with zero attached hydrogens (tertiary/aromatic N) is 1. The molecule has 1 aromatic carbocycles. The molecule has 1 aliphatic carbocycles. The number of benzene rings is 1. The monoisotopic (exact) mass is 291 g/mol. The molecule has 4 heteroatoms. The van der Waals surface area contributed by atoms with Gasteiger partial charge in [0.15, 0.2) is 5.96 Å². The van der Waals surface area contributed by atoms with Gasteiger partial charge < -0.3 is 10.6 Å². The second kappa shape index (κ2) is 8.90. The Labute approximate surface area is 126 Å². The summed E-state index contributed by atoms with van der Waals surface area (Å²) in [6.07, 6.45) is 5.26. The molecular weight excluding hydrogens is 266 g/mol. The maximum atomic E-state index is 4.67. The molecule has 1 aliphatic rings. The first-order valence-corrected chi connectivity index (χ1v) is 8.59. The van der Waals surface area contributed by atoms with Crippen molar-refractivity contribution in [2.75, 3.05) is 18.8 Å². The maximum Gasteiger partial charge on any atom is 0.191 e. The average Bonchev–Trinajstić information content (AvgIpc) is 2.98. The van der Waals surface area contributed by atoms with Gasteiger partial charge in [-0.15, -0.1) is 11.8 Å². The van der Waals surface area contributed by atoms with Crippen LogP contribution in [-0.2, 0) is 0 Å². The summed E-state index contributed by atoms with van der Waals surface area (Å²) in [6.45, 7) is 3.89. The molecule has 1 saturated carbocycles. The molecule has 0 radical (unpaired) electrons. The highest BCUT2D eigenvalue weighted by atomic mass is 32.2. The highest BCUT2D eigenvalue weighted by Crippen LogP contribution is 2.18. The molecule has 2 N–H and O–H groups in total.